The minimum absolute atomic E-state index is 0.653. The smallest absolute Gasteiger partial charge is 0.0650 e. The van der Waals surface area contributed by atoms with Gasteiger partial charge in [0.1, 0.15) is 0 Å². The molecular weight excluding hydrogens is 162 g/mol. The van der Waals surface area contributed by atoms with E-state index in [2.05, 4.69) is 25.2 Å². The molecule has 0 spiro atoms. The number of ether oxygens (including phenoxy) is 1. The number of hydrogen-bond donors (Lipinski definition) is 1. The molecule has 0 bridgehead atoms. The van der Waals surface area contributed by atoms with Gasteiger partial charge in [0, 0.05) is 6.04 Å². The molecule has 0 radical (unpaired) electrons. The molecule has 13 heavy (non-hydrogen) atoms. The highest BCUT2D eigenvalue weighted by atomic mass is 16.5. The topological polar surface area (TPSA) is 21.3 Å². The maximum atomic E-state index is 5.25. The third-order valence-electron chi connectivity index (χ3n) is 2.61. The van der Waals surface area contributed by atoms with E-state index in [1.807, 2.05) is 0 Å². The SMILES string of the molecule is CCC(C)NCCC1=CCOCC1. The summed E-state index contributed by atoms with van der Waals surface area (Å²) in [5, 5.41) is 3.50. The van der Waals surface area contributed by atoms with Crippen LogP contribution < -0.4 is 5.32 Å². The second-order valence-electron chi connectivity index (χ2n) is 3.70. The fraction of sp³-hybridized carbons (Fsp3) is 0.818. The summed E-state index contributed by atoms with van der Waals surface area (Å²) in [7, 11) is 0. The van der Waals surface area contributed by atoms with Crippen molar-refractivity contribution < 1.29 is 4.74 Å². The highest BCUT2D eigenvalue weighted by Crippen LogP contribution is 2.10. The molecule has 0 saturated carbocycles. The zero-order chi connectivity index (χ0) is 9.52. The Hall–Kier alpha value is -0.340. The number of nitrogens with one attached hydrogen (secondary N) is 1. The molecule has 0 amide bonds. The normalized spacial score (nSPS) is 19.7. The van der Waals surface area contributed by atoms with Crippen LogP contribution in [0.5, 0.6) is 0 Å². The first-order valence-electron chi connectivity index (χ1n) is 5.32. The predicted molar refractivity (Wildman–Crippen MR) is 55.9 cm³/mol. The minimum atomic E-state index is 0.653. The molecule has 2 nitrogen and oxygen atoms in total. The van der Waals surface area contributed by atoms with Crippen LogP contribution >= 0.6 is 0 Å². The summed E-state index contributed by atoms with van der Waals surface area (Å²) in [6, 6.07) is 0.653. The summed E-state index contributed by atoms with van der Waals surface area (Å²) in [6.07, 6.45) is 5.75. The molecular formula is C11H21NO. The van der Waals surface area contributed by atoms with Gasteiger partial charge in [-0.1, -0.05) is 18.6 Å². The van der Waals surface area contributed by atoms with E-state index < -0.39 is 0 Å². The van der Waals surface area contributed by atoms with Crippen molar-refractivity contribution in [3.05, 3.63) is 11.6 Å². The van der Waals surface area contributed by atoms with Gasteiger partial charge in [0.25, 0.3) is 0 Å². The lowest BCUT2D eigenvalue weighted by molar-refractivity contribution is 0.153. The molecule has 0 aromatic heterocycles. The lowest BCUT2D eigenvalue weighted by Gasteiger charge is -2.15. The first-order valence-corrected chi connectivity index (χ1v) is 5.32. The molecule has 0 aromatic carbocycles. The van der Waals surface area contributed by atoms with Crippen molar-refractivity contribution >= 4 is 0 Å². The van der Waals surface area contributed by atoms with Crippen LogP contribution in [0.15, 0.2) is 11.6 Å². The van der Waals surface area contributed by atoms with Crippen LogP contribution in [-0.2, 0) is 4.74 Å². The quantitative estimate of drug-likeness (QED) is 0.659. The Labute approximate surface area is 81.4 Å². The fourth-order valence-electron chi connectivity index (χ4n) is 1.42. The van der Waals surface area contributed by atoms with Crippen molar-refractivity contribution in [3.8, 4) is 0 Å². The Morgan fingerprint density at radius 3 is 3.08 bits per heavy atom. The van der Waals surface area contributed by atoms with Gasteiger partial charge in [0.2, 0.25) is 0 Å². The van der Waals surface area contributed by atoms with Crippen LogP contribution in [0.3, 0.4) is 0 Å². The Bertz CT molecular complexity index is 165. The maximum absolute atomic E-state index is 5.25. The molecule has 2 heteroatoms. The average molecular weight is 183 g/mol. The second-order valence-corrected chi connectivity index (χ2v) is 3.70. The Morgan fingerprint density at radius 1 is 1.62 bits per heavy atom. The first kappa shape index (κ1) is 10.7. The van der Waals surface area contributed by atoms with Crippen molar-refractivity contribution in [1.29, 1.82) is 0 Å². The summed E-state index contributed by atoms with van der Waals surface area (Å²) in [4.78, 5) is 0. The second kappa shape index (κ2) is 6.17. The van der Waals surface area contributed by atoms with Crippen LogP contribution in [0.1, 0.15) is 33.1 Å². The van der Waals surface area contributed by atoms with Crippen LogP contribution in [0, 0.1) is 0 Å². The molecule has 1 heterocycles. The van der Waals surface area contributed by atoms with Gasteiger partial charge < -0.3 is 10.1 Å². The van der Waals surface area contributed by atoms with Gasteiger partial charge >= 0.3 is 0 Å². The van der Waals surface area contributed by atoms with E-state index in [0.717, 1.165) is 26.2 Å². The van der Waals surface area contributed by atoms with Gasteiger partial charge in [-0.05, 0) is 32.7 Å². The van der Waals surface area contributed by atoms with E-state index in [9.17, 15) is 0 Å². The van der Waals surface area contributed by atoms with Gasteiger partial charge in [-0.3, -0.25) is 0 Å². The molecule has 0 saturated heterocycles. The third kappa shape index (κ3) is 4.44. The Morgan fingerprint density at radius 2 is 2.46 bits per heavy atom. The van der Waals surface area contributed by atoms with Crippen LogP contribution in [0.4, 0.5) is 0 Å². The fourth-order valence-corrected chi connectivity index (χ4v) is 1.42. The number of rotatable bonds is 5. The van der Waals surface area contributed by atoms with Gasteiger partial charge in [0.15, 0.2) is 0 Å². The van der Waals surface area contributed by atoms with E-state index in [0.29, 0.717) is 6.04 Å². The zero-order valence-corrected chi connectivity index (χ0v) is 8.81. The van der Waals surface area contributed by atoms with E-state index in [1.54, 1.807) is 5.57 Å². The highest BCUT2D eigenvalue weighted by molar-refractivity contribution is 5.04. The van der Waals surface area contributed by atoms with Gasteiger partial charge in [-0.2, -0.15) is 0 Å². The van der Waals surface area contributed by atoms with Crippen LogP contribution in [0.2, 0.25) is 0 Å². The standard InChI is InChI=1S/C11H21NO/c1-3-10(2)12-7-4-11-5-8-13-9-6-11/h5,10,12H,3-4,6-9H2,1-2H3. The Balaban J connectivity index is 2.08. The summed E-state index contributed by atoms with van der Waals surface area (Å²) in [5.74, 6) is 0. The van der Waals surface area contributed by atoms with Crippen LogP contribution in [0.25, 0.3) is 0 Å². The van der Waals surface area contributed by atoms with Gasteiger partial charge in [-0.15, -0.1) is 0 Å². The molecule has 1 aliphatic heterocycles. The summed E-state index contributed by atoms with van der Waals surface area (Å²) in [5.41, 5.74) is 1.56. The lowest BCUT2D eigenvalue weighted by atomic mass is 10.1. The molecule has 0 fully saturated rings. The van der Waals surface area contributed by atoms with Gasteiger partial charge in [0.05, 0.1) is 13.2 Å². The summed E-state index contributed by atoms with van der Waals surface area (Å²) < 4.78 is 5.25. The molecule has 1 N–H and O–H groups in total. The van der Waals surface area contributed by atoms with Crippen molar-refractivity contribution in [3.63, 3.8) is 0 Å². The average Bonchev–Trinajstić information content (AvgIpc) is 2.19. The minimum Gasteiger partial charge on any atom is -0.377 e. The molecule has 1 rings (SSSR count). The van der Waals surface area contributed by atoms with E-state index in [4.69, 9.17) is 4.74 Å². The third-order valence-corrected chi connectivity index (χ3v) is 2.61. The molecule has 1 unspecified atom stereocenters. The van der Waals surface area contributed by atoms with Crippen molar-refractivity contribution in [2.24, 2.45) is 0 Å². The maximum Gasteiger partial charge on any atom is 0.0650 e. The molecule has 1 atom stereocenters. The highest BCUT2D eigenvalue weighted by Gasteiger charge is 2.03. The molecule has 1 aliphatic rings. The van der Waals surface area contributed by atoms with E-state index in [-0.39, 0.29) is 0 Å². The predicted octanol–water partition coefficient (Wildman–Crippen LogP) is 2.11. The Kier molecular flexibility index (Phi) is 5.09. The lowest BCUT2D eigenvalue weighted by Crippen LogP contribution is -2.26. The van der Waals surface area contributed by atoms with Gasteiger partial charge in [-0.25, -0.2) is 0 Å². The van der Waals surface area contributed by atoms with Crippen LogP contribution in [-0.4, -0.2) is 25.8 Å². The van der Waals surface area contributed by atoms with Crippen molar-refractivity contribution in [1.82, 2.24) is 5.32 Å². The zero-order valence-electron chi connectivity index (χ0n) is 8.81. The monoisotopic (exact) mass is 183 g/mol. The molecule has 0 aliphatic carbocycles. The largest absolute Gasteiger partial charge is 0.377 e. The van der Waals surface area contributed by atoms with Crippen molar-refractivity contribution in [2.75, 3.05) is 19.8 Å². The molecule has 0 aromatic rings. The first-order chi connectivity index (χ1) is 6.33. The van der Waals surface area contributed by atoms with E-state index in [1.165, 1.54) is 12.8 Å². The van der Waals surface area contributed by atoms with Crippen molar-refractivity contribution in [2.45, 2.75) is 39.2 Å². The summed E-state index contributed by atoms with van der Waals surface area (Å²) >= 11 is 0. The summed E-state index contributed by atoms with van der Waals surface area (Å²) in [6.45, 7) is 7.29. The van der Waals surface area contributed by atoms with E-state index >= 15 is 0 Å². The number of hydrogen-bond acceptors (Lipinski definition) is 2. The molecule has 76 valence electrons.